The zero-order valence-corrected chi connectivity index (χ0v) is 32.9. The van der Waals surface area contributed by atoms with Gasteiger partial charge in [-0.15, -0.1) is 0 Å². The highest BCUT2D eigenvalue weighted by molar-refractivity contribution is 7.89. The van der Waals surface area contributed by atoms with E-state index >= 15 is 0 Å². The Balaban J connectivity index is 1.30. The number of aryl methyl sites for hydroxylation is 1. The van der Waals surface area contributed by atoms with Gasteiger partial charge in [0.25, 0.3) is 0 Å². The molecule has 0 spiro atoms. The van der Waals surface area contributed by atoms with Crippen molar-refractivity contribution in [3.05, 3.63) is 113 Å². The summed E-state index contributed by atoms with van der Waals surface area (Å²) in [7, 11) is -2.23. The summed E-state index contributed by atoms with van der Waals surface area (Å²) in [6.07, 6.45) is 6.98. The van der Waals surface area contributed by atoms with Crippen LogP contribution in [0.25, 0.3) is 0 Å². The fraction of sp³-hybridized carbons (Fsp3) is 0.488. The van der Waals surface area contributed by atoms with Gasteiger partial charge in [-0.2, -0.15) is 4.31 Å². The summed E-state index contributed by atoms with van der Waals surface area (Å²) >= 11 is 0. The summed E-state index contributed by atoms with van der Waals surface area (Å²) in [6.45, 7) is 10.9. The first-order valence-electron chi connectivity index (χ1n) is 19.2. The van der Waals surface area contributed by atoms with Crippen LogP contribution in [-0.2, 0) is 42.2 Å². The van der Waals surface area contributed by atoms with E-state index in [-0.39, 0.29) is 35.1 Å². The number of nitrogens with zero attached hydrogens (tertiary/aromatic N) is 2. The molecular formula is C43H56N2O8S. The van der Waals surface area contributed by atoms with Crippen molar-refractivity contribution in [3.8, 4) is 5.75 Å². The van der Waals surface area contributed by atoms with Crippen LogP contribution in [0.15, 0.2) is 95.6 Å². The number of hydrogen-bond acceptors (Lipinski definition) is 9. The average molecular weight is 761 g/mol. The van der Waals surface area contributed by atoms with Gasteiger partial charge in [0.1, 0.15) is 12.4 Å². The van der Waals surface area contributed by atoms with Gasteiger partial charge < -0.3 is 33.7 Å². The normalized spacial score (nSPS) is 22.4. The molecule has 10 nitrogen and oxygen atoms in total. The SMILES string of the molecule is CCO[C@H](C)COCc1ccc([C@H]2C[C@H](C3CC=CC=C3O)N(S(=O)(=O)c3ccc(C)cc3)C[C@@H]2OCc2ccc3c(c2)N(CCCOC)CCO3)cc1. The third kappa shape index (κ3) is 9.74. The molecule has 2 heterocycles. The number of sulfonamides is 1. The van der Waals surface area contributed by atoms with E-state index in [2.05, 4.69) is 35.2 Å². The quantitative estimate of drug-likeness (QED) is 0.142. The molecule has 1 unspecified atom stereocenters. The van der Waals surface area contributed by atoms with Crippen molar-refractivity contribution in [1.82, 2.24) is 4.31 Å². The lowest BCUT2D eigenvalue weighted by molar-refractivity contribution is -0.0278. The molecule has 0 saturated carbocycles. The maximum Gasteiger partial charge on any atom is 0.243 e. The molecule has 292 valence electrons. The molecule has 2 aliphatic heterocycles. The highest BCUT2D eigenvalue weighted by Crippen LogP contribution is 2.43. The van der Waals surface area contributed by atoms with Crippen LogP contribution in [-0.4, -0.2) is 89.3 Å². The molecule has 3 aliphatic rings. The van der Waals surface area contributed by atoms with Crippen molar-refractivity contribution < 1.29 is 37.2 Å². The zero-order chi connectivity index (χ0) is 38.1. The second-order valence-electron chi connectivity index (χ2n) is 14.5. The number of hydrogen-bond donors (Lipinski definition) is 1. The number of aliphatic hydroxyl groups is 1. The molecule has 1 N–H and O–H groups in total. The molecule has 0 aromatic heterocycles. The molecule has 54 heavy (non-hydrogen) atoms. The van der Waals surface area contributed by atoms with Crippen molar-refractivity contribution in [3.63, 3.8) is 0 Å². The largest absolute Gasteiger partial charge is 0.512 e. The number of fused-ring (bicyclic) bond motifs is 1. The van der Waals surface area contributed by atoms with Crippen molar-refractivity contribution in [2.75, 3.05) is 58.1 Å². The smallest absolute Gasteiger partial charge is 0.243 e. The maximum atomic E-state index is 14.6. The minimum absolute atomic E-state index is 0.0203. The Morgan fingerprint density at radius 1 is 1.00 bits per heavy atom. The number of ether oxygens (including phenoxy) is 5. The van der Waals surface area contributed by atoms with E-state index in [1.807, 2.05) is 57.2 Å². The Morgan fingerprint density at radius 2 is 1.78 bits per heavy atom. The van der Waals surface area contributed by atoms with E-state index in [0.717, 1.165) is 53.2 Å². The minimum Gasteiger partial charge on any atom is -0.512 e. The first kappa shape index (κ1) is 40.0. The van der Waals surface area contributed by atoms with Gasteiger partial charge in [-0.25, -0.2) is 8.42 Å². The summed E-state index contributed by atoms with van der Waals surface area (Å²) < 4.78 is 60.4. The monoisotopic (exact) mass is 760 g/mol. The van der Waals surface area contributed by atoms with E-state index in [4.69, 9.17) is 23.7 Å². The molecule has 0 amide bonds. The predicted molar refractivity (Wildman–Crippen MR) is 211 cm³/mol. The molecule has 6 rings (SSSR count). The standard InChI is InChI=1S/C43H56N2O8S/c1-5-51-32(3)28-50-29-33-13-16-35(17-14-33)38-26-39(37-9-6-7-10-41(37)46)45(54(47,48)36-18-11-31(2)12-19-36)27-43(38)53-30-34-15-20-42-40(25-34)44(22-24-52-42)21-8-23-49-4/h6-7,10-20,25,32,37-39,43,46H,5,8-9,21-24,26-30H2,1-4H3/t32-,37?,38-,39-,43+/m1/s1. The van der Waals surface area contributed by atoms with E-state index in [9.17, 15) is 13.5 Å². The first-order chi connectivity index (χ1) is 26.2. The molecule has 1 saturated heterocycles. The Hall–Kier alpha value is -3.71. The molecule has 3 aromatic carbocycles. The van der Waals surface area contributed by atoms with Crippen molar-refractivity contribution >= 4 is 15.7 Å². The number of benzene rings is 3. The van der Waals surface area contributed by atoms with Gasteiger partial charge in [0.15, 0.2) is 0 Å². The topological polar surface area (TPSA) is 107 Å². The molecule has 11 heteroatoms. The lowest BCUT2D eigenvalue weighted by Gasteiger charge is -2.46. The second kappa shape index (κ2) is 18.8. The predicted octanol–water partition coefficient (Wildman–Crippen LogP) is 7.32. The van der Waals surface area contributed by atoms with Crippen molar-refractivity contribution in [1.29, 1.82) is 0 Å². The van der Waals surface area contributed by atoms with Crippen molar-refractivity contribution in [2.24, 2.45) is 5.92 Å². The molecule has 5 atom stereocenters. The van der Waals surface area contributed by atoms with Gasteiger partial charge in [0.05, 0.1) is 54.9 Å². The van der Waals surface area contributed by atoms with Crippen LogP contribution in [0.1, 0.15) is 61.3 Å². The van der Waals surface area contributed by atoms with Crippen LogP contribution in [0, 0.1) is 12.8 Å². The second-order valence-corrected chi connectivity index (χ2v) is 16.4. The highest BCUT2D eigenvalue weighted by atomic mass is 32.2. The summed E-state index contributed by atoms with van der Waals surface area (Å²) in [4.78, 5) is 2.56. The number of anilines is 1. The molecule has 0 bridgehead atoms. The Kier molecular flexibility index (Phi) is 13.9. The van der Waals surface area contributed by atoms with E-state index in [1.54, 1.807) is 29.6 Å². The number of rotatable bonds is 17. The highest BCUT2D eigenvalue weighted by Gasteiger charge is 2.46. The Labute approximate surface area is 321 Å². The number of allylic oxidation sites excluding steroid dienone is 3. The van der Waals surface area contributed by atoms with Gasteiger partial charge in [-0.05, 0) is 87.1 Å². The van der Waals surface area contributed by atoms with Crippen LogP contribution in [0.5, 0.6) is 5.75 Å². The summed E-state index contributed by atoms with van der Waals surface area (Å²) in [5.41, 5.74) is 5.09. The average Bonchev–Trinajstić information content (AvgIpc) is 3.18. The third-order valence-corrected chi connectivity index (χ3v) is 12.5. The van der Waals surface area contributed by atoms with Crippen LogP contribution >= 0.6 is 0 Å². The van der Waals surface area contributed by atoms with Crippen LogP contribution in [0.2, 0.25) is 0 Å². The fourth-order valence-electron chi connectivity index (χ4n) is 7.75. The summed E-state index contributed by atoms with van der Waals surface area (Å²) in [5, 5.41) is 11.2. The molecule has 0 radical (unpaired) electrons. The van der Waals surface area contributed by atoms with Crippen LogP contribution < -0.4 is 9.64 Å². The summed E-state index contributed by atoms with van der Waals surface area (Å²) in [5.74, 6) is 0.521. The fourth-order valence-corrected chi connectivity index (χ4v) is 9.43. The lowest BCUT2D eigenvalue weighted by atomic mass is 9.77. The third-order valence-electron chi connectivity index (χ3n) is 10.6. The van der Waals surface area contributed by atoms with Gasteiger partial charge in [0.2, 0.25) is 10.0 Å². The van der Waals surface area contributed by atoms with E-state index < -0.39 is 22.2 Å². The Morgan fingerprint density at radius 3 is 2.52 bits per heavy atom. The first-order valence-corrected chi connectivity index (χ1v) is 20.7. The van der Waals surface area contributed by atoms with Crippen LogP contribution in [0.4, 0.5) is 5.69 Å². The minimum atomic E-state index is -3.95. The molecule has 1 aliphatic carbocycles. The van der Waals surface area contributed by atoms with E-state index in [1.165, 1.54) is 0 Å². The van der Waals surface area contributed by atoms with Gasteiger partial charge in [-0.3, -0.25) is 0 Å². The van der Waals surface area contributed by atoms with E-state index in [0.29, 0.717) is 52.5 Å². The lowest BCUT2D eigenvalue weighted by Crippen LogP contribution is -2.55. The number of methoxy groups -OCH3 is 1. The van der Waals surface area contributed by atoms with Crippen molar-refractivity contribution in [2.45, 2.75) is 82.3 Å². The van der Waals surface area contributed by atoms with Gasteiger partial charge >= 0.3 is 0 Å². The van der Waals surface area contributed by atoms with Gasteiger partial charge in [0, 0.05) is 51.3 Å². The number of piperidine rings is 1. The molecule has 1 fully saturated rings. The number of aliphatic hydroxyl groups excluding tert-OH is 1. The summed E-state index contributed by atoms with van der Waals surface area (Å²) in [6, 6.07) is 21.0. The zero-order valence-electron chi connectivity index (χ0n) is 32.1. The maximum absolute atomic E-state index is 14.6. The molecular weight excluding hydrogens is 705 g/mol. The van der Waals surface area contributed by atoms with Crippen LogP contribution in [0.3, 0.4) is 0 Å². The van der Waals surface area contributed by atoms with Gasteiger partial charge in [-0.1, -0.05) is 60.2 Å². The Bertz CT molecular complexity index is 1830. The molecule has 3 aromatic rings.